The van der Waals surface area contributed by atoms with E-state index in [2.05, 4.69) is 38.6 Å². The third kappa shape index (κ3) is 3.98. The number of hydrogen-bond acceptors (Lipinski definition) is 9. The molecule has 1 fully saturated rings. The van der Waals surface area contributed by atoms with Crippen LogP contribution in [0.1, 0.15) is 30.5 Å². The smallest absolute Gasteiger partial charge is 0.237 e. The molecule has 4 heterocycles. The van der Waals surface area contributed by atoms with E-state index in [1.807, 2.05) is 6.07 Å². The second-order valence-corrected chi connectivity index (χ2v) is 8.30. The molecule has 3 N–H and O–H groups in total. The molecule has 0 radical (unpaired) electrons. The van der Waals surface area contributed by atoms with Crippen LogP contribution in [0, 0.1) is 0 Å². The van der Waals surface area contributed by atoms with E-state index in [4.69, 9.17) is 14.7 Å². The fraction of sp³-hybridized carbons (Fsp3) is 0.455. The summed E-state index contributed by atoms with van der Waals surface area (Å²) in [5.41, 5.74) is 3.70. The highest BCUT2D eigenvalue weighted by atomic mass is 16.5. The molecule has 0 aromatic carbocycles. The summed E-state index contributed by atoms with van der Waals surface area (Å²) in [5.74, 6) is 1.64. The number of aromatic nitrogens is 4. The summed E-state index contributed by atoms with van der Waals surface area (Å²) in [6.07, 6.45) is 6.78. The zero-order chi connectivity index (χ0) is 21.4. The topological polar surface area (TPSA) is 108 Å². The number of nitrogens with zero attached hydrogens (tertiary/aromatic N) is 5. The Balaban J connectivity index is 1.47. The van der Waals surface area contributed by atoms with Crippen molar-refractivity contribution in [3.05, 3.63) is 35.8 Å². The molecular formula is C22H27N7O2. The zero-order valence-electron chi connectivity index (χ0n) is 17.8. The van der Waals surface area contributed by atoms with Crippen molar-refractivity contribution in [2.45, 2.75) is 44.4 Å². The summed E-state index contributed by atoms with van der Waals surface area (Å²) >= 11 is 0. The van der Waals surface area contributed by atoms with Crippen molar-refractivity contribution < 1.29 is 9.84 Å². The molecular weight excluding hydrogens is 394 g/mol. The van der Waals surface area contributed by atoms with Gasteiger partial charge in [0.2, 0.25) is 11.8 Å². The van der Waals surface area contributed by atoms with E-state index in [1.54, 1.807) is 19.5 Å². The van der Waals surface area contributed by atoms with Crippen molar-refractivity contribution in [2.75, 3.05) is 31.3 Å². The van der Waals surface area contributed by atoms with Gasteiger partial charge in [-0.1, -0.05) is 0 Å². The molecule has 1 aliphatic carbocycles. The third-order valence-corrected chi connectivity index (χ3v) is 6.07. The van der Waals surface area contributed by atoms with Crippen LogP contribution in [0.4, 0.5) is 17.5 Å². The normalized spacial score (nSPS) is 21.1. The van der Waals surface area contributed by atoms with E-state index in [1.165, 1.54) is 5.56 Å². The molecule has 0 saturated heterocycles. The quantitative estimate of drug-likeness (QED) is 0.572. The average molecular weight is 422 g/mol. The molecule has 31 heavy (non-hydrogen) atoms. The molecule has 3 aromatic rings. The Morgan fingerprint density at radius 2 is 2.13 bits per heavy atom. The molecule has 0 amide bonds. The van der Waals surface area contributed by atoms with Gasteiger partial charge in [-0.15, -0.1) is 0 Å². The third-order valence-electron chi connectivity index (χ3n) is 6.07. The second kappa shape index (κ2) is 8.24. The average Bonchev–Trinajstić information content (AvgIpc) is 3.18. The van der Waals surface area contributed by atoms with Gasteiger partial charge in [0.15, 0.2) is 5.82 Å². The molecule has 0 spiro atoms. The van der Waals surface area contributed by atoms with Crippen molar-refractivity contribution in [1.29, 1.82) is 0 Å². The Morgan fingerprint density at radius 1 is 1.23 bits per heavy atom. The number of nitrogens with one attached hydrogen (secondary N) is 2. The maximum Gasteiger partial charge on any atom is 0.237 e. The first-order valence-corrected chi connectivity index (χ1v) is 10.7. The number of aliphatic hydroxyl groups is 1. The molecule has 9 heteroatoms. The van der Waals surface area contributed by atoms with Gasteiger partial charge in [-0.3, -0.25) is 0 Å². The largest absolute Gasteiger partial charge is 0.480 e. The lowest BCUT2D eigenvalue weighted by Crippen LogP contribution is -2.28. The number of hydrogen-bond donors (Lipinski definition) is 3. The van der Waals surface area contributed by atoms with Crippen molar-refractivity contribution in [1.82, 2.24) is 24.8 Å². The van der Waals surface area contributed by atoms with Gasteiger partial charge in [0.1, 0.15) is 11.2 Å². The molecule has 3 aromatic heterocycles. The molecule has 1 aliphatic heterocycles. The Morgan fingerprint density at radius 3 is 2.94 bits per heavy atom. The van der Waals surface area contributed by atoms with Crippen LogP contribution in [-0.2, 0) is 13.0 Å². The highest BCUT2D eigenvalue weighted by Crippen LogP contribution is 2.31. The number of likely N-dealkylation sites (N-methyl/N-ethyl adjacent to an activating group) is 1. The van der Waals surface area contributed by atoms with Crippen LogP contribution in [0.2, 0.25) is 0 Å². The van der Waals surface area contributed by atoms with Crippen LogP contribution in [0.3, 0.4) is 0 Å². The lowest BCUT2D eigenvalue weighted by Gasteiger charge is -2.25. The maximum absolute atomic E-state index is 10.2. The van der Waals surface area contributed by atoms with Crippen molar-refractivity contribution in [3.8, 4) is 5.88 Å². The molecule has 0 unspecified atom stereocenters. The van der Waals surface area contributed by atoms with E-state index in [0.717, 1.165) is 55.5 Å². The van der Waals surface area contributed by atoms with Gasteiger partial charge in [0.25, 0.3) is 0 Å². The number of aliphatic hydroxyl groups excluding tert-OH is 1. The monoisotopic (exact) mass is 421 g/mol. The van der Waals surface area contributed by atoms with Crippen molar-refractivity contribution >= 4 is 28.4 Å². The summed E-state index contributed by atoms with van der Waals surface area (Å²) < 4.78 is 5.53. The molecule has 2 atom stereocenters. The van der Waals surface area contributed by atoms with Gasteiger partial charge in [-0.2, -0.15) is 0 Å². The first kappa shape index (κ1) is 19.9. The lowest BCUT2D eigenvalue weighted by molar-refractivity contribution is 0.171. The second-order valence-electron chi connectivity index (χ2n) is 8.30. The predicted octanol–water partition coefficient (Wildman–Crippen LogP) is 2.49. The fourth-order valence-corrected chi connectivity index (χ4v) is 4.37. The first-order valence-electron chi connectivity index (χ1n) is 10.7. The highest BCUT2D eigenvalue weighted by molar-refractivity contribution is 5.88. The summed E-state index contributed by atoms with van der Waals surface area (Å²) in [4.78, 5) is 20.6. The SMILES string of the molecule is COc1nc2c(cc1Nc1ncc3ccnc(N[C@@H]4CCC[C@H]4O)c3n1)CN(C)CC2. The van der Waals surface area contributed by atoms with E-state index in [0.29, 0.717) is 23.2 Å². The number of pyridine rings is 2. The van der Waals surface area contributed by atoms with Crippen LogP contribution in [0.25, 0.3) is 10.9 Å². The van der Waals surface area contributed by atoms with Crippen molar-refractivity contribution in [3.63, 3.8) is 0 Å². The zero-order valence-corrected chi connectivity index (χ0v) is 17.8. The number of rotatable bonds is 5. The Labute approximate surface area is 180 Å². The Hall–Kier alpha value is -3.04. The predicted molar refractivity (Wildman–Crippen MR) is 119 cm³/mol. The van der Waals surface area contributed by atoms with Crippen LogP contribution in [0.15, 0.2) is 24.5 Å². The molecule has 2 aliphatic rings. The van der Waals surface area contributed by atoms with Crippen molar-refractivity contribution in [2.24, 2.45) is 0 Å². The molecule has 5 rings (SSSR count). The van der Waals surface area contributed by atoms with Gasteiger partial charge >= 0.3 is 0 Å². The van der Waals surface area contributed by atoms with Gasteiger partial charge in [-0.05, 0) is 44.0 Å². The van der Waals surface area contributed by atoms with E-state index in [-0.39, 0.29) is 12.1 Å². The van der Waals surface area contributed by atoms with E-state index >= 15 is 0 Å². The minimum absolute atomic E-state index is 0.00796. The standard InChI is InChI=1S/C22H27N7O2/c1-29-9-7-15-14(12-29)10-17(21(26-15)31-2)27-22-24-11-13-6-8-23-20(19(13)28-22)25-16-4-3-5-18(16)30/h6,8,10-11,16,18,30H,3-5,7,9,12H2,1-2H3,(H,23,25)(H,24,27,28)/t16-,18-/m1/s1. The minimum Gasteiger partial charge on any atom is -0.480 e. The van der Waals surface area contributed by atoms with Gasteiger partial charge in [0, 0.05) is 37.3 Å². The Kier molecular flexibility index (Phi) is 5.29. The summed E-state index contributed by atoms with van der Waals surface area (Å²) in [7, 11) is 3.73. The lowest BCUT2D eigenvalue weighted by atomic mass is 10.1. The van der Waals surface area contributed by atoms with Crippen LogP contribution in [-0.4, -0.2) is 62.8 Å². The maximum atomic E-state index is 10.2. The number of anilines is 3. The first-order chi connectivity index (χ1) is 15.1. The number of fused-ring (bicyclic) bond motifs is 2. The molecule has 162 valence electrons. The molecule has 0 bridgehead atoms. The van der Waals surface area contributed by atoms with E-state index in [9.17, 15) is 5.11 Å². The van der Waals surface area contributed by atoms with Gasteiger partial charge < -0.3 is 25.4 Å². The fourth-order valence-electron chi connectivity index (χ4n) is 4.37. The molecule has 9 nitrogen and oxygen atoms in total. The Bertz CT molecular complexity index is 1110. The summed E-state index contributed by atoms with van der Waals surface area (Å²) in [5, 5.41) is 17.7. The van der Waals surface area contributed by atoms with Crippen LogP contribution < -0.4 is 15.4 Å². The summed E-state index contributed by atoms with van der Waals surface area (Å²) in [6, 6.07) is 3.94. The highest BCUT2D eigenvalue weighted by Gasteiger charge is 2.26. The molecule has 1 saturated carbocycles. The number of methoxy groups -OCH3 is 1. The van der Waals surface area contributed by atoms with Crippen LogP contribution >= 0.6 is 0 Å². The van der Waals surface area contributed by atoms with Crippen LogP contribution in [0.5, 0.6) is 5.88 Å². The van der Waals surface area contributed by atoms with Gasteiger partial charge in [0.05, 0.1) is 24.9 Å². The number of ether oxygens (including phenoxy) is 1. The summed E-state index contributed by atoms with van der Waals surface area (Å²) in [6.45, 7) is 1.84. The van der Waals surface area contributed by atoms with E-state index < -0.39 is 0 Å². The minimum atomic E-state index is -0.361. The van der Waals surface area contributed by atoms with Gasteiger partial charge in [-0.25, -0.2) is 19.9 Å².